The molecule has 0 spiro atoms. The van der Waals surface area contributed by atoms with Crippen molar-refractivity contribution in [1.29, 1.82) is 0 Å². The first-order chi connectivity index (χ1) is 12.2. The van der Waals surface area contributed by atoms with Crippen LogP contribution in [0.25, 0.3) is 0 Å². The fourth-order valence-electron chi connectivity index (χ4n) is 2.97. The fourth-order valence-corrected chi connectivity index (χ4v) is 2.97. The second-order valence-electron chi connectivity index (χ2n) is 7.56. The van der Waals surface area contributed by atoms with Crippen LogP contribution in [0, 0.1) is 0 Å². The van der Waals surface area contributed by atoms with E-state index < -0.39 is 0 Å². The van der Waals surface area contributed by atoms with Crippen molar-refractivity contribution in [3.8, 4) is 5.75 Å². The zero-order chi connectivity index (χ0) is 17.8. The largest absolute Gasteiger partial charge is 0.490 e. The minimum absolute atomic E-state index is 0.0456. The van der Waals surface area contributed by atoms with Gasteiger partial charge in [0.1, 0.15) is 18.0 Å². The first-order valence-electron chi connectivity index (χ1n) is 10.2. The van der Waals surface area contributed by atoms with Crippen LogP contribution >= 0.6 is 0 Å². The third kappa shape index (κ3) is 8.58. The predicted octanol–water partition coefficient (Wildman–Crippen LogP) is 6.48. The number of benzene rings is 1. The lowest BCUT2D eigenvalue weighted by Crippen LogP contribution is -2.17. The van der Waals surface area contributed by atoms with Crippen LogP contribution in [0.1, 0.15) is 77.2 Å². The van der Waals surface area contributed by atoms with Crippen LogP contribution in [0.3, 0.4) is 0 Å². The number of rotatable bonds is 14. The Morgan fingerprint density at radius 2 is 1.68 bits per heavy atom. The smallest absolute Gasteiger partial charge is 0.123 e. The van der Waals surface area contributed by atoms with Crippen molar-refractivity contribution in [3.63, 3.8) is 0 Å². The number of hydrogen-bond acceptors (Lipinski definition) is 2. The molecular weight excluding hydrogens is 308 g/mol. The molecule has 0 radical (unpaired) electrons. The Kier molecular flexibility index (Phi) is 9.10. The van der Waals surface area contributed by atoms with Crippen LogP contribution in [0.15, 0.2) is 36.4 Å². The Hall–Kier alpha value is -1.28. The minimum atomic E-state index is -0.0456. The molecule has 2 nitrogen and oxygen atoms in total. The second kappa shape index (κ2) is 11.4. The number of epoxide rings is 1. The van der Waals surface area contributed by atoms with Crippen LogP contribution < -0.4 is 4.74 Å². The van der Waals surface area contributed by atoms with Crippen LogP contribution in [0.4, 0.5) is 0 Å². The summed E-state index contributed by atoms with van der Waals surface area (Å²) < 4.78 is 11.4. The molecule has 0 aliphatic carbocycles. The maximum atomic E-state index is 5.98. The Balaban J connectivity index is 1.55. The van der Waals surface area contributed by atoms with E-state index in [-0.39, 0.29) is 5.60 Å². The molecule has 1 aliphatic heterocycles. The molecule has 140 valence electrons. The van der Waals surface area contributed by atoms with Gasteiger partial charge in [-0.1, -0.05) is 63.0 Å². The van der Waals surface area contributed by atoms with Gasteiger partial charge in [0.15, 0.2) is 0 Å². The maximum absolute atomic E-state index is 5.98. The molecule has 1 aliphatic rings. The van der Waals surface area contributed by atoms with Gasteiger partial charge in [0, 0.05) is 0 Å². The van der Waals surface area contributed by atoms with Crippen molar-refractivity contribution >= 4 is 0 Å². The number of para-hydroxylation sites is 1. The van der Waals surface area contributed by atoms with Gasteiger partial charge in [-0.15, -0.1) is 0 Å². The highest BCUT2D eigenvalue weighted by Gasteiger charge is 2.40. The van der Waals surface area contributed by atoms with E-state index >= 15 is 0 Å². The van der Waals surface area contributed by atoms with E-state index in [0.29, 0.717) is 6.61 Å². The molecule has 1 saturated heterocycles. The Bertz CT molecular complexity index is 503. The number of allylic oxidation sites excluding steroid dienone is 2. The van der Waals surface area contributed by atoms with Gasteiger partial charge in [0.2, 0.25) is 0 Å². The Morgan fingerprint density at radius 1 is 1.00 bits per heavy atom. The zero-order valence-corrected chi connectivity index (χ0v) is 16.3. The summed E-state index contributed by atoms with van der Waals surface area (Å²) in [5, 5.41) is 0. The number of hydrogen-bond donors (Lipinski definition) is 0. The van der Waals surface area contributed by atoms with Crippen molar-refractivity contribution in [2.75, 3.05) is 13.2 Å². The van der Waals surface area contributed by atoms with E-state index in [1.54, 1.807) is 0 Å². The highest BCUT2D eigenvalue weighted by atomic mass is 16.6. The van der Waals surface area contributed by atoms with Crippen molar-refractivity contribution in [2.45, 2.75) is 83.7 Å². The summed E-state index contributed by atoms with van der Waals surface area (Å²) in [4.78, 5) is 0. The lowest BCUT2D eigenvalue weighted by atomic mass is 10.0. The molecule has 1 atom stereocenters. The van der Waals surface area contributed by atoms with E-state index in [4.69, 9.17) is 9.47 Å². The number of unbranched alkanes of at least 4 members (excludes halogenated alkanes) is 7. The quantitative estimate of drug-likeness (QED) is 0.219. The van der Waals surface area contributed by atoms with Crippen LogP contribution in [0.2, 0.25) is 0 Å². The van der Waals surface area contributed by atoms with E-state index in [1.807, 2.05) is 0 Å². The van der Waals surface area contributed by atoms with Crippen molar-refractivity contribution in [3.05, 3.63) is 42.0 Å². The highest BCUT2D eigenvalue weighted by molar-refractivity contribution is 5.33. The maximum Gasteiger partial charge on any atom is 0.123 e. The third-order valence-electron chi connectivity index (χ3n) is 4.85. The normalized spacial score (nSPS) is 19.4. The van der Waals surface area contributed by atoms with Crippen molar-refractivity contribution in [2.24, 2.45) is 0 Å². The van der Waals surface area contributed by atoms with Gasteiger partial charge in [-0.05, 0) is 57.1 Å². The highest BCUT2D eigenvalue weighted by Crippen LogP contribution is 2.28. The summed E-state index contributed by atoms with van der Waals surface area (Å²) in [7, 11) is 0. The molecule has 0 bridgehead atoms. The SMILES string of the molecule is CCCCCC/C=C/CCCCCc1ccccc1OCC1(C)CO1. The summed E-state index contributed by atoms with van der Waals surface area (Å²) in [6.45, 7) is 5.85. The average molecular weight is 345 g/mol. The van der Waals surface area contributed by atoms with Crippen molar-refractivity contribution < 1.29 is 9.47 Å². The van der Waals surface area contributed by atoms with E-state index in [1.165, 1.54) is 63.4 Å². The molecule has 1 fully saturated rings. The number of ether oxygens (including phenoxy) is 2. The van der Waals surface area contributed by atoms with E-state index in [9.17, 15) is 0 Å². The van der Waals surface area contributed by atoms with Gasteiger partial charge in [0.05, 0.1) is 6.61 Å². The van der Waals surface area contributed by atoms with Crippen LogP contribution in [0.5, 0.6) is 5.75 Å². The van der Waals surface area contributed by atoms with E-state index in [2.05, 4.69) is 50.3 Å². The second-order valence-corrected chi connectivity index (χ2v) is 7.56. The Labute approximate surface area is 154 Å². The summed E-state index contributed by atoms with van der Waals surface area (Å²) in [5.74, 6) is 1.03. The van der Waals surface area contributed by atoms with Gasteiger partial charge in [-0.2, -0.15) is 0 Å². The Morgan fingerprint density at radius 3 is 2.36 bits per heavy atom. The molecule has 2 rings (SSSR count). The first kappa shape index (κ1) is 20.0. The molecule has 25 heavy (non-hydrogen) atoms. The standard InChI is InChI=1S/C23H36O2/c1-3-4-5-6-7-8-9-10-11-12-13-16-21-17-14-15-18-22(21)24-19-23(2)20-25-23/h8-9,14-15,17-18H,3-7,10-13,16,19-20H2,1-2H3/b9-8+. The zero-order valence-electron chi connectivity index (χ0n) is 16.3. The summed E-state index contributed by atoms with van der Waals surface area (Å²) in [6.07, 6.45) is 17.6. The summed E-state index contributed by atoms with van der Waals surface area (Å²) in [5.41, 5.74) is 1.29. The molecule has 0 aromatic heterocycles. The molecule has 1 aromatic rings. The first-order valence-corrected chi connectivity index (χ1v) is 10.2. The minimum Gasteiger partial charge on any atom is -0.490 e. The molecule has 1 unspecified atom stereocenters. The predicted molar refractivity (Wildman–Crippen MR) is 106 cm³/mol. The average Bonchev–Trinajstić information content (AvgIpc) is 3.36. The molecule has 0 N–H and O–H groups in total. The monoisotopic (exact) mass is 344 g/mol. The number of aryl methyl sites for hydroxylation is 1. The molecule has 2 heteroatoms. The molecule has 0 saturated carbocycles. The van der Waals surface area contributed by atoms with Crippen LogP contribution in [-0.2, 0) is 11.2 Å². The molecular formula is C23H36O2. The van der Waals surface area contributed by atoms with Gasteiger partial charge >= 0.3 is 0 Å². The fraction of sp³-hybridized carbons (Fsp3) is 0.652. The summed E-state index contributed by atoms with van der Waals surface area (Å²) in [6, 6.07) is 8.45. The molecule has 1 aromatic carbocycles. The van der Waals surface area contributed by atoms with E-state index in [0.717, 1.165) is 18.8 Å². The van der Waals surface area contributed by atoms with Crippen molar-refractivity contribution in [1.82, 2.24) is 0 Å². The van der Waals surface area contributed by atoms with Gasteiger partial charge in [-0.3, -0.25) is 0 Å². The van der Waals surface area contributed by atoms with Crippen LogP contribution in [-0.4, -0.2) is 18.8 Å². The lowest BCUT2D eigenvalue weighted by molar-refractivity contribution is 0.201. The third-order valence-corrected chi connectivity index (χ3v) is 4.85. The lowest BCUT2D eigenvalue weighted by Gasteiger charge is -2.13. The molecule has 1 heterocycles. The van der Waals surface area contributed by atoms with Gasteiger partial charge in [-0.25, -0.2) is 0 Å². The van der Waals surface area contributed by atoms with Gasteiger partial charge in [0.25, 0.3) is 0 Å². The summed E-state index contributed by atoms with van der Waals surface area (Å²) >= 11 is 0. The molecule has 0 amide bonds. The topological polar surface area (TPSA) is 21.8 Å². The van der Waals surface area contributed by atoms with Gasteiger partial charge < -0.3 is 9.47 Å².